The van der Waals surface area contributed by atoms with Crippen LogP contribution >= 0.6 is 0 Å². The largest absolute Gasteiger partial charge is 0.426 e. The maximum atomic E-state index is 9.51. The first kappa shape index (κ1) is 5.88. The fourth-order valence-electron chi connectivity index (χ4n) is 0.0896. The molecule has 0 radical (unpaired) electrons. The Balaban J connectivity index is 3.36. The number of allylic oxidation sites excluding steroid dienone is 1. The summed E-state index contributed by atoms with van der Waals surface area (Å²) in [5.74, 6) is -0.171. The topological polar surface area (TPSA) is 43.4 Å². The van der Waals surface area contributed by atoms with E-state index in [1.54, 1.807) is 0 Å². The highest BCUT2D eigenvalue weighted by molar-refractivity contribution is 5.71. The molecule has 7 heavy (non-hydrogen) atoms. The van der Waals surface area contributed by atoms with E-state index in [0.29, 0.717) is 6.29 Å². The molecule has 0 spiro atoms. The number of ether oxygens (including phenoxy) is 1. The van der Waals surface area contributed by atoms with Crippen molar-refractivity contribution < 1.29 is 14.3 Å². The Kier molecular flexibility index (Phi) is 2.59. The molecular formula is C4H4O3. The lowest BCUT2D eigenvalue weighted by Gasteiger charge is -1.85. The van der Waals surface area contributed by atoms with Crippen LogP contribution in [0.2, 0.25) is 0 Å². The average Bonchev–Trinajstić information content (AvgIpc) is 1.68. The second-order valence-electron chi connectivity index (χ2n) is 0.798. The Bertz CT molecular complexity index is 95.1. The van der Waals surface area contributed by atoms with Gasteiger partial charge < -0.3 is 4.74 Å². The quantitative estimate of drug-likeness (QED) is 0.282. The first-order valence-electron chi connectivity index (χ1n) is 1.55. The van der Waals surface area contributed by atoms with Gasteiger partial charge in [-0.25, -0.2) is 0 Å². The number of rotatable bonds is 3. The van der Waals surface area contributed by atoms with Gasteiger partial charge in [0.1, 0.15) is 0 Å². The maximum absolute atomic E-state index is 9.51. The molecule has 0 aromatic carbocycles. The average molecular weight is 100 g/mol. The SMILES string of the molecule is C=C(C=O)OC=O. The van der Waals surface area contributed by atoms with Gasteiger partial charge in [0.2, 0.25) is 0 Å². The highest BCUT2D eigenvalue weighted by Gasteiger charge is 1.83. The second kappa shape index (κ2) is 3.08. The molecule has 0 aliphatic carbocycles. The summed E-state index contributed by atoms with van der Waals surface area (Å²) >= 11 is 0. The lowest BCUT2D eigenvalue weighted by Crippen LogP contribution is -1.86. The Morgan fingerprint density at radius 1 is 1.57 bits per heavy atom. The van der Waals surface area contributed by atoms with Crippen LogP contribution in [0.15, 0.2) is 12.3 Å². The highest BCUT2D eigenvalue weighted by Crippen LogP contribution is 1.79. The minimum Gasteiger partial charge on any atom is -0.426 e. The molecule has 0 fully saturated rings. The summed E-state index contributed by atoms with van der Waals surface area (Å²) in [6.45, 7) is 3.19. The van der Waals surface area contributed by atoms with Crippen LogP contribution in [0.25, 0.3) is 0 Å². The van der Waals surface area contributed by atoms with Crippen LogP contribution in [0.3, 0.4) is 0 Å². The Morgan fingerprint density at radius 2 is 2.14 bits per heavy atom. The van der Waals surface area contributed by atoms with Gasteiger partial charge in [0.25, 0.3) is 6.47 Å². The van der Waals surface area contributed by atoms with E-state index in [-0.39, 0.29) is 12.2 Å². The van der Waals surface area contributed by atoms with Gasteiger partial charge in [0.05, 0.1) is 0 Å². The molecule has 3 heteroatoms. The molecule has 0 saturated carbocycles. The minimum atomic E-state index is -0.171. The van der Waals surface area contributed by atoms with E-state index in [0.717, 1.165) is 0 Å². The fraction of sp³-hybridized carbons (Fsp3) is 0. The van der Waals surface area contributed by atoms with Crippen molar-refractivity contribution in [3.8, 4) is 0 Å². The smallest absolute Gasteiger partial charge is 0.298 e. The zero-order chi connectivity index (χ0) is 5.70. The van der Waals surface area contributed by atoms with E-state index < -0.39 is 0 Å². The third-order valence-electron chi connectivity index (χ3n) is 0.331. The molecule has 0 heterocycles. The molecular weight excluding hydrogens is 96.0 g/mol. The Morgan fingerprint density at radius 3 is 2.29 bits per heavy atom. The summed E-state index contributed by atoms with van der Waals surface area (Å²) in [6.07, 6.45) is 0.356. The summed E-state index contributed by atoms with van der Waals surface area (Å²) in [6, 6.07) is 0. The second-order valence-corrected chi connectivity index (χ2v) is 0.798. The van der Waals surface area contributed by atoms with Crippen LogP contribution < -0.4 is 0 Å². The van der Waals surface area contributed by atoms with Crippen molar-refractivity contribution in [1.82, 2.24) is 0 Å². The van der Waals surface area contributed by atoms with Gasteiger partial charge in [0, 0.05) is 0 Å². The van der Waals surface area contributed by atoms with Gasteiger partial charge in [-0.15, -0.1) is 0 Å². The van der Waals surface area contributed by atoms with Crippen LogP contribution in [-0.4, -0.2) is 12.8 Å². The molecule has 0 N–H and O–H groups in total. The number of hydrogen-bond acceptors (Lipinski definition) is 3. The summed E-state index contributed by atoms with van der Waals surface area (Å²) in [5, 5.41) is 0. The van der Waals surface area contributed by atoms with Crippen molar-refractivity contribution in [3.63, 3.8) is 0 Å². The molecule has 0 aliphatic rings. The van der Waals surface area contributed by atoms with Crippen molar-refractivity contribution in [2.45, 2.75) is 0 Å². The van der Waals surface area contributed by atoms with Crippen LogP contribution in [0.1, 0.15) is 0 Å². The molecule has 0 aromatic rings. The van der Waals surface area contributed by atoms with Crippen molar-refractivity contribution in [1.29, 1.82) is 0 Å². The highest BCUT2D eigenvalue weighted by atomic mass is 16.5. The summed E-state index contributed by atoms with van der Waals surface area (Å²) in [5.41, 5.74) is 0. The third-order valence-corrected chi connectivity index (χ3v) is 0.331. The van der Waals surface area contributed by atoms with Gasteiger partial charge >= 0.3 is 0 Å². The third kappa shape index (κ3) is 2.69. The molecule has 0 rings (SSSR count). The maximum Gasteiger partial charge on any atom is 0.298 e. The standard InChI is InChI=1S/C4H4O3/c1-4(2-5)7-3-6/h2-3H,1H2. The molecule has 3 nitrogen and oxygen atoms in total. The summed E-state index contributed by atoms with van der Waals surface area (Å²) in [4.78, 5) is 18.8. The van der Waals surface area contributed by atoms with E-state index in [9.17, 15) is 9.59 Å². The van der Waals surface area contributed by atoms with Crippen molar-refractivity contribution in [3.05, 3.63) is 12.3 Å². The summed E-state index contributed by atoms with van der Waals surface area (Å²) in [7, 11) is 0. The monoisotopic (exact) mass is 100 g/mol. The Labute approximate surface area is 40.6 Å². The normalized spacial score (nSPS) is 6.86. The van der Waals surface area contributed by atoms with E-state index >= 15 is 0 Å². The first-order chi connectivity index (χ1) is 3.31. The van der Waals surface area contributed by atoms with Gasteiger partial charge in [-0.05, 0) is 0 Å². The van der Waals surface area contributed by atoms with Crippen molar-refractivity contribution in [2.24, 2.45) is 0 Å². The first-order valence-corrected chi connectivity index (χ1v) is 1.55. The lowest BCUT2D eigenvalue weighted by molar-refractivity contribution is -0.127. The number of aldehydes is 1. The lowest BCUT2D eigenvalue weighted by atomic mass is 10.6. The van der Waals surface area contributed by atoms with E-state index in [1.807, 2.05) is 0 Å². The predicted octanol–water partition coefficient (Wildman–Crippen LogP) is -0.128. The molecule has 38 valence electrons. The Hall–Kier alpha value is -1.12. The summed E-state index contributed by atoms with van der Waals surface area (Å²) < 4.78 is 3.95. The number of carbonyl (C=O) groups excluding carboxylic acids is 2. The van der Waals surface area contributed by atoms with Gasteiger partial charge in [-0.2, -0.15) is 0 Å². The van der Waals surface area contributed by atoms with Crippen LogP contribution in [0.5, 0.6) is 0 Å². The molecule has 0 unspecified atom stereocenters. The van der Waals surface area contributed by atoms with Crippen LogP contribution in [0, 0.1) is 0 Å². The molecule has 0 aliphatic heterocycles. The van der Waals surface area contributed by atoms with E-state index in [4.69, 9.17) is 0 Å². The van der Waals surface area contributed by atoms with E-state index in [1.165, 1.54) is 0 Å². The fourth-order valence-corrected chi connectivity index (χ4v) is 0.0896. The van der Waals surface area contributed by atoms with Gasteiger partial charge in [-0.3, -0.25) is 9.59 Å². The molecule has 0 atom stereocenters. The number of carbonyl (C=O) groups is 2. The predicted molar refractivity (Wildman–Crippen MR) is 22.4 cm³/mol. The zero-order valence-corrected chi connectivity index (χ0v) is 3.59. The number of hydrogen-bond donors (Lipinski definition) is 0. The van der Waals surface area contributed by atoms with Gasteiger partial charge in [0.15, 0.2) is 12.0 Å². The molecule has 0 aromatic heterocycles. The minimum absolute atomic E-state index is 0.150. The zero-order valence-electron chi connectivity index (χ0n) is 3.59. The molecule has 0 saturated heterocycles. The van der Waals surface area contributed by atoms with Crippen molar-refractivity contribution in [2.75, 3.05) is 0 Å². The molecule has 0 amide bonds. The van der Waals surface area contributed by atoms with Gasteiger partial charge in [-0.1, -0.05) is 6.58 Å². The van der Waals surface area contributed by atoms with Crippen LogP contribution in [0.4, 0.5) is 0 Å². The van der Waals surface area contributed by atoms with Crippen LogP contribution in [-0.2, 0) is 14.3 Å². The van der Waals surface area contributed by atoms with E-state index in [2.05, 4.69) is 11.3 Å². The molecule has 0 bridgehead atoms. The van der Waals surface area contributed by atoms with Crippen molar-refractivity contribution >= 4 is 12.8 Å².